The molecule has 0 aromatic heterocycles. The molecule has 2 rings (SSSR count). The molecule has 1 aliphatic rings. The lowest BCUT2D eigenvalue weighted by atomic mass is 9.84. The Kier molecular flexibility index (Phi) is 13.4. The molecular weight excluding hydrogens is 476 g/mol. The maximum absolute atomic E-state index is 13.3. The molecule has 0 heterocycles. The van der Waals surface area contributed by atoms with Crippen molar-refractivity contribution in [3.05, 3.63) is 48.4 Å². The fourth-order valence-electron chi connectivity index (χ4n) is 4.26. The van der Waals surface area contributed by atoms with Crippen LogP contribution in [0.15, 0.2) is 53.4 Å². The molecule has 204 valence electrons. The van der Waals surface area contributed by atoms with Gasteiger partial charge in [0, 0.05) is 18.8 Å². The Morgan fingerprint density at radius 2 is 1.97 bits per heavy atom. The predicted octanol–water partition coefficient (Wildman–Crippen LogP) is 1.77. The monoisotopic (exact) mass is 516 g/mol. The van der Waals surface area contributed by atoms with Crippen molar-refractivity contribution in [1.29, 1.82) is 0 Å². The van der Waals surface area contributed by atoms with Crippen LogP contribution in [0.2, 0.25) is 0 Å². The number of amides is 1. The van der Waals surface area contributed by atoms with Crippen molar-refractivity contribution in [1.82, 2.24) is 10.2 Å². The van der Waals surface area contributed by atoms with Gasteiger partial charge in [-0.1, -0.05) is 44.2 Å². The van der Waals surface area contributed by atoms with E-state index < -0.39 is 12.1 Å². The Hall–Kier alpha value is -3.21. The van der Waals surface area contributed by atoms with Crippen molar-refractivity contribution in [2.75, 3.05) is 33.9 Å². The van der Waals surface area contributed by atoms with E-state index in [1.54, 1.807) is 25.2 Å². The topological polar surface area (TPSA) is 147 Å². The number of hydrogen-bond acceptors (Lipinski definition) is 8. The highest BCUT2D eigenvalue weighted by molar-refractivity contribution is 6.01. The number of carbonyl (C=O) groups is 2. The molecule has 1 aliphatic carbocycles. The predicted molar refractivity (Wildman–Crippen MR) is 142 cm³/mol. The number of aliphatic hydroxyl groups is 2. The van der Waals surface area contributed by atoms with Crippen LogP contribution in [0.1, 0.15) is 38.5 Å². The van der Waals surface area contributed by atoms with Gasteiger partial charge >= 0.3 is 0 Å². The molecule has 37 heavy (non-hydrogen) atoms. The molecule has 0 saturated heterocycles. The van der Waals surface area contributed by atoms with E-state index in [1.165, 1.54) is 31.9 Å². The van der Waals surface area contributed by atoms with Gasteiger partial charge in [-0.15, -0.1) is 0 Å². The standard InChI is InChI=1S/C27H40N4O6/c1-31(18-22(13-15-32)37-25-11-7-6-10-24(25)36-2)23(16-20-8-4-3-5-9-20)27(35)30-26(28)12-14-29-17-21(34)19-33/h6-7,10-15,20-21,23,29,33-34H,3-5,8-9,16-19H2,1-2H3,(H2,28,30,35)/b14-12-,22-13+. The van der Waals surface area contributed by atoms with Crippen LogP contribution < -0.4 is 20.5 Å². The second-order valence-corrected chi connectivity index (χ2v) is 9.15. The van der Waals surface area contributed by atoms with Crippen LogP contribution in [0.3, 0.4) is 0 Å². The molecule has 1 saturated carbocycles. The van der Waals surface area contributed by atoms with Crippen molar-refractivity contribution < 1.29 is 29.3 Å². The van der Waals surface area contributed by atoms with Crippen LogP contribution in [-0.4, -0.2) is 79.1 Å². The number of hydrogen-bond donors (Lipinski definition) is 4. The van der Waals surface area contributed by atoms with Crippen LogP contribution in [0.4, 0.5) is 0 Å². The quantitative estimate of drug-likeness (QED) is 0.0900. The number of ether oxygens (including phenoxy) is 2. The highest BCUT2D eigenvalue weighted by Crippen LogP contribution is 2.30. The Morgan fingerprint density at radius 3 is 2.62 bits per heavy atom. The third-order valence-corrected chi connectivity index (χ3v) is 6.24. The van der Waals surface area contributed by atoms with Gasteiger partial charge in [0.15, 0.2) is 11.5 Å². The molecule has 2 atom stereocenters. The maximum atomic E-state index is 13.3. The minimum atomic E-state index is -0.898. The Bertz CT molecular complexity index is 943. The third-order valence-electron chi connectivity index (χ3n) is 6.24. The van der Waals surface area contributed by atoms with E-state index in [4.69, 9.17) is 20.3 Å². The molecule has 10 nitrogen and oxygen atoms in total. The SMILES string of the molecule is COc1ccccc1O/C(=C/C=O)CN(C)C(CC1CCCCC1)C(=O)N=C(N)/C=C\NCC(O)CO. The van der Waals surface area contributed by atoms with Crippen LogP contribution in [0, 0.1) is 5.92 Å². The largest absolute Gasteiger partial charge is 0.493 e. The van der Waals surface area contributed by atoms with E-state index >= 15 is 0 Å². The van der Waals surface area contributed by atoms with Gasteiger partial charge in [0.1, 0.15) is 17.9 Å². The molecule has 10 heteroatoms. The Labute approximate surface area is 218 Å². The number of aldehydes is 1. The molecular formula is C27H40N4O6. The number of benzene rings is 1. The van der Waals surface area contributed by atoms with E-state index in [-0.39, 0.29) is 31.4 Å². The Balaban J connectivity index is 2.17. The van der Waals surface area contributed by atoms with Crippen LogP contribution in [-0.2, 0) is 9.59 Å². The summed E-state index contributed by atoms with van der Waals surface area (Å²) in [6.45, 7) is -0.0233. The van der Waals surface area contributed by atoms with E-state index in [1.807, 2.05) is 11.0 Å². The van der Waals surface area contributed by atoms with Crippen LogP contribution in [0.5, 0.6) is 11.5 Å². The number of amidine groups is 1. The van der Waals surface area contributed by atoms with E-state index in [2.05, 4.69) is 10.3 Å². The molecule has 0 spiro atoms. The number of allylic oxidation sites excluding steroid dienone is 1. The number of nitrogens with two attached hydrogens (primary N) is 1. The summed E-state index contributed by atoms with van der Waals surface area (Å²) >= 11 is 0. The number of nitrogens with zero attached hydrogens (tertiary/aromatic N) is 2. The molecule has 5 N–H and O–H groups in total. The zero-order valence-corrected chi connectivity index (χ0v) is 21.7. The van der Waals surface area contributed by atoms with Crippen molar-refractivity contribution >= 4 is 18.0 Å². The van der Waals surface area contributed by atoms with Gasteiger partial charge in [-0.25, -0.2) is 0 Å². The number of aliphatic imine (C=N–C) groups is 1. The summed E-state index contributed by atoms with van der Waals surface area (Å²) in [6, 6.07) is 6.57. The molecule has 0 radical (unpaired) electrons. The van der Waals surface area contributed by atoms with Gasteiger partial charge in [0.2, 0.25) is 0 Å². The molecule has 0 bridgehead atoms. The molecule has 1 aromatic carbocycles. The first-order chi connectivity index (χ1) is 17.9. The zero-order valence-electron chi connectivity index (χ0n) is 21.7. The van der Waals surface area contributed by atoms with Gasteiger partial charge in [0.25, 0.3) is 5.91 Å². The van der Waals surface area contributed by atoms with Gasteiger partial charge in [-0.3, -0.25) is 14.5 Å². The second-order valence-electron chi connectivity index (χ2n) is 9.15. The summed E-state index contributed by atoms with van der Waals surface area (Å²) in [7, 11) is 3.34. The minimum Gasteiger partial charge on any atom is -0.493 e. The molecule has 1 fully saturated rings. The lowest BCUT2D eigenvalue weighted by Crippen LogP contribution is -2.41. The van der Waals surface area contributed by atoms with Gasteiger partial charge in [-0.2, -0.15) is 4.99 Å². The lowest BCUT2D eigenvalue weighted by Gasteiger charge is -2.31. The summed E-state index contributed by atoms with van der Waals surface area (Å²) in [5, 5.41) is 21.0. The third kappa shape index (κ3) is 10.7. The average Bonchev–Trinajstić information content (AvgIpc) is 2.90. The van der Waals surface area contributed by atoms with Crippen molar-refractivity contribution in [2.24, 2.45) is 16.6 Å². The minimum absolute atomic E-state index is 0.0203. The first-order valence-corrected chi connectivity index (χ1v) is 12.6. The second kappa shape index (κ2) is 16.5. The first kappa shape index (κ1) is 30.0. The highest BCUT2D eigenvalue weighted by Gasteiger charge is 2.28. The fourth-order valence-corrected chi connectivity index (χ4v) is 4.26. The number of rotatable bonds is 15. The number of para-hydroxylation sites is 2. The van der Waals surface area contributed by atoms with Gasteiger partial charge in [0.05, 0.1) is 32.4 Å². The maximum Gasteiger partial charge on any atom is 0.264 e. The fraction of sp³-hybridized carbons (Fsp3) is 0.519. The number of carbonyl (C=O) groups excluding carboxylic acids is 2. The molecule has 0 aliphatic heterocycles. The van der Waals surface area contributed by atoms with E-state index in [0.29, 0.717) is 35.9 Å². The van der Waals surface area contributed by atoms with Crippen LogP contribution >= 0.6 is 0 Å². The number of aliphatic hydroxyl groups excluding tert-OH is 2. The zero-order chi connectivity index (χ0) is 27.0. The summed E-state index contributed by atoms with van der Waals surface area (Å²) < 4.78 is 11.3. The first-order valence-electron chi connectivity index (χ1n) is 12.6. The highest BCUT2D eigenvalue weighted by atomic mass is 16.5. The lowest BCUT2D eigenvalue weighted by molar-refractivity contribution is -0.123. The summed E-state index contributed by atoms with van der Waals surface area (Å²) in [5.74, 6) is 1.40. The Morgan fingerprint density at radius 1 is 1.27 bits per heavy atom. The number of methoxy groups -OCH3 is 1. The van der Waals surface area contributed by atoms with Crippen LogP contribution in [0.25, 0.3) is 0 Å². The molecule has 1 aromatic rings. The molecule has 1 amide bonds. The summed E-state index contributed by atoms with van der Waals surface area (Å²) in [4.78, 5) is 30.5. The smallest absolute Gasteiger partial charge is 0.264 e. The number of nitrogens with one attached hydrogen (secondary N) is 1. The van der Waals surface area contributed by atoms with Crippen molar-refractivity contribution in [3.63, 3.8) is 0 Å². The van der Waals surface area contributed by atoms with E-state index in [9.17, 15) is 14.7 Å². The average molecular weight is 517 g/mol. The number of likely N-dealkylation sites (N-methyl/N-ethyl adjacent to an activating group) is 1. The van der Waals surface area contributed by atoms with Crippen molar-refractivity contribution in [3.8, 4) is 11.5 Å². The normalized spacial score (nSPS) is 17.0. The van der Waals surface area contributed by atoms with E-state index in [0.717, 1.165) is 25.7 Å². The van der Waals surface area contributed by atoms with Gasteiger partial charge < -0.3 is 30.7 Å². The molecule has 2 unspecified atom stereocenters. The van der Waals surface area contributed by atoms with Crippen molar-refractivity contribution in [2.45, 2.75) is 50.7 Å². The summed E-state index contributed by atoms with van der Waals surface area (Å²) in [5.41, 5.74) is 5.95. The summed E-state index contributed by atoms with van der Waals surface area (Å²) in [6.07, 6.45) is 10.2. The van der Waals surface area contributed by atoms with Gasteiger partial charge in [-0.05, 0) is 37.6 Å².